The van der Waals surface area contributed by atoms with Crippen molar-refractivity contribution >= 4 is 23.0 Å². The fourth-order valence-corrected chi connectivity index (χ4v) is 1.75. The third-order valence-electron chi connectivity index (χ3n) is 2.79. The summed E-state index contributed by atoms with van der Waals surface area (Å²) in [6.07, 6.45) is 1.64. The molecule has 21 heavy (non-hydrogen) atoms. The Morgan fingerprint density at radius 2 is 2.14 bits per heavy atom. The Morgan fingerprint density at radius 1 is 1.33 bits per heavy atom. The van der Waals surface area contributed by atoms with E-state index in [0.29, 0.717) is 29.4 Å². The number of aromatic nitrogens is 1. The van der Waals surface area contributed by atoms with Crippen LogP contribution in [0.15, 0.2) is 36.5 Å². The quantitative estimate of drug-likeness (QED) is 0.649. The predicted octanol–water partition coefficient (Wildman–Crippen LogP) is 2.59. The summed E-state index contributed by atoms with van der Waals surface area (Å²) in [6.45, 7) is 2.09. The molecule has 0 fully saturated rings. The number of carbonyl (C=O) groups is 1. The molecule has 0 aliphatic carbocycles. The van der Waals surface area contributed by atoms with Crippen molar-refractivity contribution in [3.63, 3.8) is 0 Å². The van der Waals surface area contributed by atoms with E-state index in [9.17, 15) is 4.79 Å². The normalized spacial score (nSPS) is 10.0. The first-order valence-electron chi connectivity index (χ1n) is 6.47. The zero-order chi connectivity index (χ0) is 15.2. The maximum Gasteiger partial charge on any atom is 0.338 e. The Morgan fingerprint density at radius 3 is 2.71 bits per heavy atom. The average Bonchev–Trinajstić information content (AvgIpc) is 2.50. The molecular weight excluding hydrogens is 270 g/mol. The summed E-state index contributed by atoms with van der Waals surface area (Å²) in [4.78, 5) is 15.7. The smallest absolute Gasteiger partial charge is 0.338 e. The highest BCUT2D eigenvalue weighted by atomic mass is 16.5. The van der Waals surface area contributed by atoms with Crippen molar-refractivity contribution in [2.75, 3.05) is 24.8 Å². The molecule has 0 amide bonds. The maximum atomic E-state index is 11.6. The molecule has 0 bridgehead atoms. The van der Waals surface area contributed by atoms with Crippen molar-refractivity contribution in [3.8, 4) is 5.88 Å². The second-order valence-electron chi connectivity index (χ2n) is 4.24. The summed E-state index contributed by atoms with van der Waals surface area (Å²) in [5.74, 6) is 0.146. The Bertz CT molecular complexity index is 627. The van der Waals surface area contributed by atoms with Gasteiger partial charge in [-0.15, -0.1) is 0 Å². The molecule has 2 aromatic rings. The van der Waals surface area contributed by atoms with Gasteiger partial charge in [0, 0.05) is 6.07 Å². The molecule has 0 saturated heterocycles. The molecule has 0 atom stereocenters. The molecule has 6 nitrogen and oxygen atoms in total. The number of hydrogen-bond acceptors (Lipinski definition) is 6. The van der Waals surface area contributed by atoms with E-state index in [-0.39, 0.29) is 5.97 Å². The number of esters is 1. The molecule has 1 heterocycles. The molecule has 0 aliphatic heterocycles. The molecule has 1 aromatic carbocycles. The van der Waals surface area contributed by atoms with Crippen molar-refractivity contribution in [3.05, 3.63) is 42.1 Å². The third kappa shape index (κ3) is 3.62. The summed E-state index contributed by atoms with van der Waals surface area (Å²) >= 11 is 0. The van der Waals surface area contributed by atoms with Crippen LogP contribution in [0.4, 0.5) is 17.1 Å². The highest BCUT2D eigenvalue weighted by Crippen LogP contribution is 2.24. The van der Waals surface area contributed by atoms with Gasteiger partial charge in [-0.1, -0.05) is 0 Å². The molecule has 0 saturated carbocycles. The zero-order valence-electron chi connectivity index (χ0n) is 11.9. The molecule has 0 unspecified atom stereocenters. The van der Waals surface area contributed by atoms with Crippen molar-refractivity contribution in [1.29, 1.82) is 0 Å². The molecule has 3 N–H and O–H groups in total. The van der Waals surface area contributed by atoms with Gasteiger partial charge in [-0.25, -0.2) is 9.78 Å². The summed E-state index contributed by atoms with van der Waals surface area (Å²) in [7, 11) is 1.56. The van der Waals surface area contributed by atoms with E-state index in [1.807, 2.05) is 6.07 Å². The lowest BCUT2D eigenvalue weighted by molar-refractivity contribution is 0.0526. The van der Waals surface area contributed by atoms with Crippen LogP contribution in [0.5, 0.6) is 5.88 Å². The minimum absolute atomic E-state index is 0.330. The van der Waals surface area contributed by atoms with Crippen LogP contribution < -0.4 is 15.8 Å². The molecule has 1 aromatic heterocycles. The van der Waals surface area contributed by atoms with Crippen LogP contribution in [0.1, 0.15) is 17.3 Å². The van der Waals surface area contributed by atoms with E-state index in [2.05, 4.69) is 10.3 Å². The van der Waals surface area contributed by atoms with Crippen molar-refractivity contribution < 1.29 is 14.3 Å². The topological polar surface area (TPSA) is 86.5 Å². The van der Waals surface area contributed by atoms with Crippen molar-refractivity contribution in [2.24, 2.45) is 0 Å². The first kappa shape index (κ1) is 14.6. The van der Waals surface area contributed by atoms with Gasteiger partial charge in [0.15, 0.2) is 0 Å². The lowest BCUT2D eigenvalue weighted by atomic mass is 10.1. The van der Waals surface area contributed by atoms with E-state index in [1.165, 1.54) is 0 Å². The van der Waals surface area contributed by atoms with Gasteiger partial charge in [0.05, 0.1) is 42.5 Å². The average molecular weight is 287 g/mol. The van der Waals surface area contributed by atoms with E-state index in [4.69, 9.17) is 15.2 Å². The fraction of sp³-hybridized carbons (Fsp3) is 0.200. The maximum absolute atomic E-state index is 11.6. The Hall–Kier alpha value is -2.76. The molecule has 0 aliphatic rings. The van der Waals surface area contributed by atoms with Gasteiger partial charge >= 0.3 is 5.97 Å². The Labute approximate surface area is 122 Å². The molecule has 0 spiro atoms. The SMILES string of the molecule is CCOC(=O)c1ccc(Nc2ccc(OC)nc2)c(N)c1. The largest absolute Gasteiger partial charge is 0.481 e. The van der Waals surface area contributed by atoms with Crippen LogP contribution in [-0.4, -0.2) is 24.7 Å². The number of methoxy groups -OCH3 is 1. The van der Waals surface area contributed by atoms with Crippen LogP contribution in [0.25, 0.3) is 0 Å². The van der Waals surface area contributed by atoms with E-state index in [0.717, 1.165) is 5.69 Å². The first-order valence-corrected chi connectivity index (χ1v) is 6.47. The zero-order valence-corrected chi connectivity index (χ0v) is 11.9. The molecule has 2 rings (SSSR count). The standard InChI is InChI=1S/C15H17N3O3/c1-3-21-15(19)10-4-6-13(12(16)8-10)18-11-5-7-14(20-2)17-9-11/h4-9,18H,3,16H2,1-2H3. The van der Waals surface area contributed by atoms with Crippen molar-refractivity contribution in [1.82, 2.24) is 4.98 Å². The third-order valence-corrected chi connectivity index (χ3v) is 2.79. The number of pyridine rings is 1. The van der Waals surface area contributed by atoms with Gasteiger partial charge in [-0.2, -0.15) is 0 Å². The van der Waals surface area contributed by atoms with Gasteiger partial charge in [-0.05, 0) is 31.2 Å². The number of anilines is 3. The van der Waals surface area contributed by atoms with Crippen LogP contribution in [0.3, 0.4) is 0 Å². The number of rotatable bonds is 5. The number of hydrogen-bond donors (Lipinski definition) is 2. The summed E-state index contributed by atoms with van der Waals surface area (Å²) in [5, 5.41) is 3.13. The van der Waals surface area contributed by atoms with Gasteiger partial charge in [0.1, 0.15) is 0 Å². The Balaban J connectivity index is 2.15. The van der Waals surface area contributed by atoms with Crippen LogP contribution in [0, 0.1) is 0 Å². The van der Waals surface area contributed by atoms with Crippen LogP contribution in [0.2, 0.25) is 0 Å². The summed E-state index contributed by atoms with van der Waals surface area (Å²) in [5.41, 5.74) is 8.28. The summed E-state index contributed by atoms with van der Waals surface area (Å²) < 4.78 is 9.92. The lowest BCUT2D eigenvalue weighted by Gasteiger charge is -2.11. The minimum Gasteiger partial charge on any atom is -0.481 e. The van der Waals surface area contributed by atoms with Gasteiger partial charge in [0.25, 0.3) is 0 Å². The predicted molar refractivity (Wildman–Crippen MR) is 80.9 cm³/mol. The van der Waals surface area contributed by atoms with E-state index < -0.39 is 0 Å². The number of nitrogens with two attached hydrogens (primary N) is 1. The first-order chi connectivity index (χ1) is 10.1. The number of nitrogens with zero attached hydrogens (tertiary/aromatic N) is 1. The minimum atomic E-state index is -0.387. The summed E-state index contributed by atoms with van der Waals surface area (Å²) in [6, 6.07) is 8.53. The van der Waals surface area contributed by atoms with Crippen molar-refractivity contribution in [2.45, 2.75) is 6.92 Å². The number of ether oxygens (including phenoxy) is 2. The van der Waals surface area contributed by atoms with Gasteiger partial charge < -0.3 is 20.5 Å². The Kier molecular flexibility index (Phi) is 4.61. The van der Waals surface area contributed by atoms with Gasteiger partial charge in [-0.3, -0.25) is 0 Å². The molecule has 0 radical (unpaired) electrons. The number of benzene rings is 1. The molecule has 6 heteroatoms. The van der Waals surface area contributed by atoms with Crippen LogP contribution >= 0.6 is 0 Å². The molecular formula is C15H17N3O3. The highest BCUT2D eigenvalue weighted by molar-refractivity contribution is 5.92. The van der Waals surface area contributed by atoms with E-state index >= 15 is 0 Å². The number of carbonyl (C=O) groups excluding carboxylic acids is 1. The van der Waals surface area contributed by atoms with Crippen LogP contribution in [-0.2, 0) is 4.74 Å². The lowest BCUT2D eigenvalue weighted by Crippen LogP contribution is -2.06. The highest BCUT2D eigenvalue weighted by Gasteiger charge is 2.09. The number of nitrogen functional groups attached to an aromatic ring is 1. The van der Waals surface area contributed by atoms with Gasteiger partial charge in [0.2, 0.25) is 5.88 Å². The number of nitrogens with one attached hydrogen (secondary N) is 1. The fourth-order valence-electron chi connectivity index (χ4n) is 1.75. The second-order valence-corrected chi connectivity index (χ2v) is 4.24. The molecule has 110 valence electrons. The van der Waals surface area contributed by atoms with E-state index in [1.54, 1.807) is 44.5 Å². The second kappa shape index (κ2) is 6.60. The monoisotopic (exact) mass is 287 g/mol.